The number of likely N-dealkylation sites (tertiary alicyclic amines) is 2. The number of primary amides is 1. The Hall–Kier alpha value is -1.79. The lowest BCUT2D eigenvalue weighted by Crippen LogP contribution is -2.46. The minimum atomic E-state index is -0.835. The van der Waals surface area contributed by atoms with E-state index in [0.717, 1.165) is 12.8 Å². The lowest BCUT2D eigenvalue weighted by Gasteiger charge is -2.34. The molecule has 2 saturated heterocycles. The number of aliphatic carboxylic acids is 1. The van der Waals surface area contributed by atoms with E-state index in [-0.39, 0.29) is 30.3 Å². The van der Waals surface area contributed by atoms with Gasteiger partial charge in [-0.15, -0.1) is 0 Å². The quantitative estimate of drug-likeness (QED) is 0.784. The molecular formula is C14H23N3O4. The number of carboxylic acids is 1. The predicted molar refractivity (Wildman–Crippen MR) is 75.4 cm³/mol. The third-order valence-corrected chi connectivity index (χ3v) is 4.57. The molecule has 2 rings (SSSR count). The molecule has 7 nitrogen and oxygen atoms in total. The molecule has 2 heterocycles. The van der Waals surface area contributed by atoms with Crippen molar-refractivity contribution in [3.8, 4) is 0 Å². The molecular weight excluding hydrogens is 274 g/mol. The number of piperidine rings is 1. The van der Waals surface area contributed by atoms with Crippen molar-refractivity contribution in [2.24, 2.45) is 23.5 Å². The van der Waals surface area contributed by atoms with E-state index in [1.165, 1.54) is 0 Å². The van der Waals surface area contributed by atoms with Crippen molar-refractivity contribution in [2.45, 2.75) is 26.2 Å². The van der Waals surface area contributed by atoms with Crippen LogP contribution in [0.5, 0.6) is 0 Å². The number of hydrogen-bond acceptors (Lipinski definition) is 3. The van der Waals surface area contributed by atoms with E-state index in [4.69, 9.17) is 10.8 Å². The molecule has 0 aliphatic carbocycles. The second-order valence-corrected chi connectivity index (χ2v) is 6.21. The Kier molecular flexibility index (Phi) is 4.69. The number of carboxylic acid groups (broad SMARTS) is 1. The van der Waals surface area contributed by atoms with Crippen LogP contribution in [0.3, 0.4) is 0 Å². The summed E-state index contributed by atoms with van der Waals surface area (Å²) >= 11 is 0. The number of urea groups is 1. The van der Waals surface area contributed by atoms with Gasteiger partial charge in [-0.3, -0.25) is 9.59 Å². The second kappa shape index (κ2) is 6.32. The van der Waals surface area contributed by atoms with Gasteiger partial charge in [0.15, 0.2) is 0 Å². The van der Waals surface area contributed by atoms with Crippen LogP contribution >= 0.6 is 0 Å². The Morgan fingerprint density at radius 2 is 1.76 bits per heavy atom. The maximum Gasteiger partial charge on any atom is 0.320 e. The van der Waals surface area contributed by atoms with Crippen LogP contribution in [0.25, 0.3) is 0 Å². The Bertz CT molecular complexity index is 432. The number of hydrogen-bond donors (Lipinski definition) is 2. The summed E-state index contributed by atoms with van der Waals surface area (Å²) in [6, 6.07) is -0.0804. The maximum absolute atomic E-state index is 12.4. The average Bonchev–Trinajstić information content (AvgIpc) is 2.80. The van der Waals surface area contributed by atoms with Crippen LogP contribution in [0.15, 0.2) is 0 Å². The fourth-order valence-electron chi connectivity index (χ4n) is 3.26. The molecule has 0 radical (unpaired) electrons. The highest BCUT2D eigenvalue weighted by molar-refractivity contribution is 5.78. The summed E-state index contributed by atoms with van der Waals surface area (Å²) in [5.74, 6) is -1.36. The third-order valence-electron chi connectivity index (χ3n) is 4.57. The van der Waals surface area contributed by atoms with E-state index >= 15 is 0 Å². The highest BCUT2D eigenvalue weighted by Crippen LogP contribution is 2.26. The molecule has 2 fully saturated rings. The SMILES string of the molecule is C[C@@H]1CN(C(=O)N2CCC(CC(N)=O)CC2)C[C@H]1C(=O)O. The fraction of sp³-hybridized carbons (Fsp3) is 0.786. The van der Waals surface area contributed by atoms with Crippen molar-refractivity contribution < 1.29 is 19.5 Å². The Morgan fingerprint density at radius 1 is 1.14 bits per heavy atom. The molecule has 3 N–H and O–H groups in total. The van der Waals surface area contributed by atoms with Crippen molar-refractivity contribution >= 4 is 17.9 Å². The van der Waals surface area contributed by atoms with Crippen molar-refractivity contribution in [1.82, 2.24) is 9.80 Å². The number of amides is 3. The van der Waals surface area contributed by atoms with Crippen molar-refractivity contribution in [3.63, 3.8) is 0 Å². The van der Waals surface area contributed by atoms with E-state index in [2.05, 4.69) is 0 Å². The van der Waals surface area contributed by atoms with Gasteiger partial charge in [0.2, 0.25) is 5.91 Å². The first kappa shape index (κ1) is 15.6. The summed E-state index contributed by atoms with van der Waals surface area (Å²) in [5.41, 5.74) is 5.19. The molecule has 3 amide bonds. The van der Waals surface area contributed by atoms with Crippen LogP contribution < -0.4 is 5.73 Å². The average molecular weight is 297 g/mol. The maximum atomic E-state index is 12.4. The van der Waals surface area contributed by atoms with E-state index in [1.54, 1.807) is 9.80 Å². The minimum Gasteiger partial charge on any atom is -0.481 e. The van der Waals surface area contributed by atoms with E-state index in [9.17, 15) is 14.4 Å². The summed E-state index contributed by atoms with van der Waals surface area (Å²) in [7, 11) is 0. The van der Waals surface area contributed by atoms with E-state index < -0.39 is 11.9 Å². The normalized spacial score (nSPS) is 26.9. The van der Waals surface area contributed by atoms with Gasteiger partial charge in [-0.25, -0.2) is 4.79 Å². The lowest BCUT2D eigenvalue weighted by atomic mass is 9.93. The molecule has 0 aromatic heterocycles. The van der Waals surface area contributed by atoms with Gasteiger partial charge in [0.05, 0.1) is 5.92 Å². The van der Waals surface area contributed by atoms with Crippen LogP contribution in [0, 0.1) is 17.8 Å². The highest BCUT2D eigenvalue weighted by atomic mass is 16.4. The molecule has 0 saturated carbocycles. The summed E-state index contributed by atoms with van der Waals surface area (Å²) in [6.07, 6.45) is 1.94. The van der Waals surface area contributed by atoms with Crippen LogP contribution in [0.2, 0.25) is 0 Å². The largest absolute Gasteiger partial charge is 0.481 e. The van der Waals surface area contributed by atoms with Crippen LogP contribution in [-0.4, -0.2) is 59.0 Å². The first-order valence-corrected chi connectivity index (χ1v) is 7.43. The van der Waals surface area contributed by atoms with Crippen LogP contribution in [-0.2, 0) is 9.59 Å². The molecule has 0 aromatic rings. The zero-order valence-electron chi connectivity index (χ0n) is 12.3. The number of nitrogens with two attached hydrogens (primary N) is 1. The monoisotopic (exact) mass is 297 g/mol. The van der Waals surface area contributed by atoms with Crippen LogP contribution in [0.1, 0.15) is 26.2 Å². The van der Waals surface area contributed by atoms with Crippen molar-refractivity contribution in [1.29, 1.82) is 0 Å². The summed E-state index contributed by atoms with van der Waals surface area (Å²) in [4.78, 5) is 37.8. The Labute approximate surface area is 124 Å². The molecule has 0 spiro atoms. The molecule has 2 aliphatic rings. The molecule has 0 unspecified atom stereocenters. The Morgan fingerprint density at radius 3 is 2.24 bits per heavy atom. The topological polar surface area (TPSA) is 104 Å². The lowest BCUT2D eigenvalue weighted by molar-refractivity contribution is -0.142. The Balaban J connectivity index is 1.85. The predicted octanol–water partition coefficient (Wildman–Crippen LogP) is 0.346. The highest BCUT2D eigenvalue weighted by Gasteiger charge is 2.38. The van der Waals surface area contributed by atoms with Gasteiger partial charge in [-0.05, 0) is 24.7 Å². The second-order valence-electron chi connectivity index (χ2n) is 6.21. The fourth-order valence-corrected chi connectivity index (χ4v) is 3.26. The molecule has 0 bridgehead atoms. The zero-order valence-corrected chi connectivity index (χ0v) is 12.3. The van der Waals surface area contributed by atoms with Crippen molar-refractivity contribution in [3.05, 3.63) is 0 Å². The molecule has 118 valence electrons. The van der Waals surface area contributed by atoms with Crippen LogP contribution in [0.4, 0.5) is 4.79 Å². The smallest absolute Gasteiger partial charge is 0.320 e. The third kappa shape index (κ3) is 3.65. The van der Waals surface area contributed by atoms with Gasteiger partial charge in [-0.2, -0.15) is 0 Å². The number of carbonyl (C=O) groups is 3. The summed E-state index contributed by atoms with van der Waals surface area (Å²) in [6.45, 7) is 3.87. The van der Waals surface area contributed by atoms with E-state index in [1.807, 2.05) is 6.92 Å². The van der Waals surface area contributed by atoms with Gasteiger partial charge >= 0.3 is 12.0 Å². The van der Waals surface area contributed by atoms with Gasteiger partial charge in [0.25, 0.3) is 0 Å². The van der Waals surface area contributed by atoms with Crippen molar-refractivity contribution in [2.75, 3.05) is 26.2 Å². The summed E-state index contributed by atoms with van der Waals surface area (Å²) in [5, 5.41) is 9.12. The minimum absolute atomic E-state index is 0.0150. The number of carbonyl (C=O) groups excluding carboxylic acids is 2. The molecule has 21 heavy (non-hydrogen) atoms. The van der Waals surface area contributed by atoms with Gasteiger partial charge in [-0.1, -0.05) is 6.92 Å². The standard InChI is InChI=1S/C14H23N3O4/c1-9-7-17(8-11(9)13(19)20)14(21)16-4-2-10(3-5-16)6-12(15)18/h9-11H,2-8H2,1H3,(H2,15,18)(H,19,20)/t9-,11-/m1/s1. The molecule has 0 aromatic carbocycles. The first-order valence-electron chi connectivity index (χ1n) is 7.43. The van der Waals surface area contributed by atoms with E-state index in [0.29, 0.717) is 26.1 Å². The first-order chi connectivity index (χ1) is 9.88. The van der Waals surface area contributed by atoms with Gasteiger partial charge < -0.3 is 20.6 Å². The number of rotatable bonds is 3. The molecule has 2 aliphatic heterocycles. The number of nitrogens with zero attached hydrogens (tertiary/aromatic N) is 2. The van der Waals surface area contributed by atoms with Gasteiger partial charge in [0, 0.05) is 32.6 Å². The molecule has 7 heteroatoms. The zero-order chi connectivity index (χ0) is 15.6. The molecule has 2 atom stereocenters. The van der Waals surface area contributed by atoms with Gasteiger partial charge in [0.1, 0.15) is 0 Å². The summed E-state index contributed by atoms with van der Waals surface area (Å²) < 4.78 is 0.